The van der Waals surface area contributed by atoms with Crippen molar-refractivity contribution in [2.45, 2.75) is 31.4 Å². The monoisotopic (exact) mass is 447 g/mol. The molecule has 1 amide bonds. The van der Waals surface area contributed by atoms with Crippen molar-refractivity contribution in [2.24, 2.45) is 0 Å². The van der Waals surface area contributed by atoms with Crippen LogP contribution < -0.4 is 5.32 Å². The molecule has 4 aromatic rings. The molecule has 8 nitrogen and oxygen atoms in total. The molecule has 0 radical (unpaired) electrons. The van der Waals surface area contributed by atoms with E-state index in [1.54, 1.807) is 16.9 Å². The number of hydrogen-bond acceptors (Lipinski definition) is 5. The summed E-state index contributed by atoms with van der Waals surface area (Å²) in [6.07, 6.45) is 13.8. The molecule has 1 aliphatic heterocycles. The summed E-state index contributed by atoms with van der Waals surface area (Å²) in [7, 11) is 0. The van der Waals surface area contributed by atoms with Crippen molar-refractivity contribution >= 4 is 23.0 Å². The van der Waals surface area contributed by atoms with E-state index in [-0.39, 0.29) is 13.9 Å². The van der Waals surface area contributed by atoms with Gasteiger partial charge in [0.15, 0.2) is 0 Å². The predicted octanol–water partition coefficient (Wildman–Crippen LogP) is 4.00. The van der Waals surface area contributed by atoms with Gasteiger partial charge in [0.2, 0.25) is 5.95 Å². The van der Waals surface area contributed by atoms with Gasteiger partial charge in [0.05, 0.1) is 24.5 Å². The van der Waals surface area contributed by atoms with Crippen LogP contribution in [-0.2, 0) is 0 Å². The Morgan fingerprint density at radius 2 is 1.94 bits per heavy atom. The standard InChI is InChI=1S/C24H24FN7O.H2/c25-24(8-1-2-9-24)16-28-23-27-13-19-18(7-12-32(19)29-23)17-5-6-21-26-14-20(31(21)15-17)22(33)30-10-3-4-11-30;/h1-2,5-7,12-15H,3-4,8-11,16H2,(H,28,29);1H. The summed E-state index contributed by atoms with van der Waals surface area (Å²) >= 11 is 0. The van der Waals surface area contributed by atoms with Gasteiger partial charge in [-0.1, -0.05) is 12.2 Å². The minimum absolute atomic E-state index is 0. The number of pyridine rings is 1. The Balaban J connectivity index is 0.00000241. The molecule has 4 aromatic heterocycles. The van der Waals surface area contributed by atoms with Gasteiger partial charge in [-0.05, 0) is 31.0 Å². The Morgan fingerprint density at radius 1 is 1.12 bits per heavy atom. The zero-order valence-electron chi connectivity index (χ0n) is 18.1. The number of amides is 1. The molecule has 5 heterocycles. The molecule has 0 atom stereocenters. The number of carbonyl (C=O) groups excluding carboxylic acids is 1. The maximum atomic E-state index is 14.6. The van der Waals surface area contributed by atoms with E-state index < -0.39 is 5.67 Å². The molecule has 0 unspecified atom stereocenters. The fourth-order valence-corrected chi connectivity index (χ4v) is 4.66. The molecule has 0 spiro atoms. The van der Waals surface area contributed by atoms with Crippen LogP contribution in [0.1, 0.15) is 37.6 Å². The average molecular weight is 448 g/mol. The zero-order chi connectivity index (χ0) is 22.4. The first-order valence-corrected chi connectivity index (χ1v) is 11.3. The Labute approximate surface area is 191 Å². The van der Waals surface area contributed by atoms with Crippen LogP contribution in [-0.4, -0.2) is 60.1 Å². The van der Waals surface area contributed by atoms with Crippen LogP contribution in [0.15, 0.2) is 55.1 Å². The molecule has 9 heteroatoms. The topological polar surface area (TPSA) is 79.8 Å². The normalized spacial score (nSPS) is 17.4. The number of fused-ring (bicyclic) bond motifs is 2. The van der Waals surface area contributed by atoms with Crippen LogP contribution >= 0.6 is 0 Å². The summed E-state index contributed by atoms with van der Waals surface area (Å²) in [6.45, 7) is 1.76. The van der Waals surface area contributed by atoms with E-state index in [2.05, 4.69) is 20.4 Å². The van der Waals surface area contributed by atoms with Gasteiger partial charge in [0.25, 0.3) is 5.91 Å². The number of aromatic nitrogens is 5. The number of alkyl halides is 1. The summed E-state index contributed by atoms with van der Waals surface area (Å²) in [5, 5.41) is 7.51. The fourth-order valence-electron chi connectivity index (χ4n) is 4.66. The van der Waals surface area contributed by atoms with Gasteiger partial charge in [-0.3, -0.25) is 9.20 Å². The maximum Gasteiger partial charge on any atom is 0.272 e. The second-order valence-electron chi connectivity index (χ2n) is 8.81. The minimum Gasteiger partial charge on any atom is -0.350 e. The van der Waals surface area contributed by atoms with Crippen LogP contribution in [0.2, 0.25) is 0 Å². The zero-order valence-corrected chi connectivity index (χ0v) is 18.1. The predicted molar refractivity (Wildman–Crippen MR) is 125 cm³/mol. The van der Waals surface area contributed by atoms with E-state index in [1.807, 2.05) is 52.0 Å². The molecule has 1 aliphatic carbocycles. The summed E-state index contributed by atoms with van der Waals surface area (Å²) in [4.78, 5) is 23.6. The summed E-state index contributed by atoms with van der Waals surface area (Å²) in [6, 6.07) is 5.85. The number of likely N-dealkylation sites (tertiary alicyclic amines) is 1. The highest BCUT2D eigenvalue weighted by Crippen LogP contribution is 2.29. The molecule has 33 heavy (non-hydrogen) atoms. The lowest BCUT2D eigenvalue weighted by Gasteiger charge is -2.19. The molecule has 1 fully saturated rings. The van der Waals surface area contributed by atoms with Crippen molar-refractivity contribution in [2.75, 3.05) is 25.0 Å². The molecular formula is C24H26FN7O. The van der Waals surface area contributed by atoms with E-state index >= 15 is 0 Å². The molecule has 1 saturated heterocycles. The summed E-state index contributed by atoms with van der Waals surface area (Å²) < 4.78 is 18.2. The van der Waals surface area contributed by atoms with Crippen LogP contribution in [0.25, 0.3) is 22.3 Å². The number of allylic oxidation sites excluding steroid dienone is 2. The van der Waals surface area contributed by atoms with Gasteiger partial charge in [0, 0.05) is 50.9 Å². The number of nitrogens with one attached hydrogen (secondary N) is 1. The number of imidazole rings is 1. The molecule has 0 bridgehead atoms. The van der Waals surface area contributed by atoms with Crippen molar-refractivity contribution in [1.82, 2.24) is 28.9 Å². The smallest absolute Gasteiger partial charge is 0.272 e. The van der Waals surface area contributed by atoms with Gasteiger partial charge >= 0.3 is 0 Å². The third-order valence-corrected chi connectivity index (χ3v) is 6.54. The quantitative estimate of drug-likeness (QED) is 0.468. The van der Waals surface area contributed by atoms with E-state index in [4.69, 9.17) is 0 Å². The minimum atomic E-state index is -1.27. The van der Waals surface area contributed by atoms with Gasteiger partial charge in [-0.2, -0.15) is 0 Å². The first kappa shape index (κ1) is 19.9. The molecule has 0 saturated carbocycles. The van der Waals surface area contributed by atoms with Crippen LogP contribution in [0.4, 0.5) is 10.3 Å². The lowest BCUT2D eigenvalue weighted by molar-refractivity contribution is 0.0786. The van der Waals surface area contributed by atoms with E-state index in [0.29, 0.717) is 24.5 Å². The molecule has 0 aromatic carbocycles. The third-order valence-electron chi connectivity index (χ3n) is 6.54. The van der Waals surface area contributed by atoms with Crippen LogP contribution in [0.3, 0.4) is 0 Å². The van der Waals surface area contributed by atoms with Crippen molar-refractivity contribution in [3.63, 3.8) is 0 Å². The molecule has 6 rings (SSSR count). The van der Waals surface area contributed by atoms with Crippen molar-refractivity contribution in [3.8, 4) is 11.1 Å². The second kappa shape index (κ2) is 7.68. The first-order valence-electron chi connectivity index (χ1n) is 11.3. The Hall–Kier alpha value is -3.75. The van der Waals surface area contributed by atoms with Crippen molar-refractivity contribution < 1.29 is 10.6 Å². The van der Waals surface area contributed by atoms with Crippen LogP contribution in [0, 0.1) is 0 Å². The van der Waals surface area contributed by atoms with Gasteiger partial charge in [0.1, 0.15) is 17.0 Å². The number of nitrogens with zero attached hydrogens (tertiary/aromatic N) is 6. The maximum absolute atomic E-state index is 14.6. The number of anilines is 1. The second-order valence-corrected chi connectivity index (χ2v) is 8.81. The number of halogens is 1. The average Bonchev–Trinajstić information content (AvgIpc) is 3.63. The van der Waals surface area contributed by atoms with Gasteiger partial charge in [-0.25, -0.2) is 18.9 Å². The highest BCUT2D eigenvalue weighted by atomic mass is 19.1. The lowest BCUT2D eigenvalue weighted by Crippen LogP contribution is -2.29. The Morgan fingerprint density at radius 3 is 2.76 bits per heavy atom. The van der Waals surface area contributed by atoms with Crippen molar-refractivity contribution in [1.29, 1.82) is 0 Å². The Bertz CT molecular complexity index is 1380. The SMILES string of the molecule is O=C(c1cnc2ccc(-c3ccn4nc(NCC5(F)CC=CC5)ncc34)cn12)N1CCCC1.[HH]. The van der Waals surface area contributed by atoms with Crippen LogP contribution in [0.5, 0.6) is 0 Å². The van der Waals surface area contributed by atoms with Gasteiger partial charge < -0.3 is 10.2 Å². The number of rotatable bonds is 5. The largest absolute Gasteiger partial charge is 0.350 e. The summed E-state index contributed by atoms with van der Waals surface area (Å²) in [5.41, 5.74) is 2.73. The Kier molecular flexibility index (Phi) is 4.63. The molecule has 1 N–H and O–H groups in total. The third kappa shape index (κ3) is 3.53. The van der Waals surface area contributed by atoms with Gasteiger partial charge in [-0.15, -0.1) is 5.10 Å². The molecule has 170 valence electrons. The highest BCUT2D eigenvalue weighted by Gasteiger charge is 2.30. The molecule has 2 aliphatic rings. The first-order chi connectivity index (χ1) is 16.1. The molecular weight excluding hydrogens is 421 g/mol. The van der Waals surface area contributed by atoms with E-state index in [9.17, 15) is 9.18 Å². The fraction of sp³-hybridized carbons (Fsp3) is 0.333. The number of carbonyl (C=O) groups is 1. The van der Waals surface area contributed by atoms with E-state index in [0.717, 1.165) is 48.2 Å². The van der Waals surface area contributed by atoms with Crippen molar-refractivity contribution in [3.05, 3.63) is 60.8 Å². The number of hydrogen-bond donors (Lipinski definition) is 1. The van der Waals surface area contributed by atoms with E-state index in [1.165, 1.54) is 0 Å². The lowest BCUT2D eigenvalue weighted by atomic mass is 10.0. The summed E-state index contributed by atoms with van der Waals surface area (Å²) in [5.74, 6) is 0.401. The highest BCUT2D eigenvalue weighted by molar-refractivity contribution is 5.93.